The average molecular weight is 407 g/mol. The predicted molar refractivity (Wildman–Crippen MR) is 114 cm³/mol. The number of likely N-dealkylation sites (tertiary alicyclic amines) is 1. The molecule has 2 heterocycles. The van der Waals surface area contributed by atoms with Crippen molar-refractivity contribution < 1.29 is 14.0 Å². The van der Waals surface area contributed by atoms with Gasteiger partial charge in [0.2, 0.25) is 5.91 Å². The summed E-state index contributed by atoms with van der Waals surface area (Å²) in [7, 11) is 0. The van der Waals surface area contributed by atoms with Gasteiger partial charge in [-0.25, -0.2) is 4.39 Å². The van der Waals surface area contributed by atoms with Crippen molar-refractivity contribution in [3.63, 3.8) is 0 Å². The van der Waals surface area contributed by atoms with Crippen molar-refractivity contribution >= 4 is 17.5 Å². The van der Waals surface area contributed by atoms with E-state index >= 15 is 0 Å². The smallest absolute Gasteiger partial charge is 0.258 e. The van der Waals surface area contributed by atoms with Gasteiger partial charge in [0.15, 0.2) is 0 Å². The molecule has 0 atom stereocenters. The highest BCUT2D eigenvalue weighted by atomic mass is 19.1. The van der Waals surface area contributed by atoms with E-state index in [2.05, 4.69) is 0 Å². The summed E-state index contributed by atoms with van der Waals surface area (Å²) in [5.74, 6) is -0.0589. The molecule has 1 spiro atoms. The van der Waals surface area contributed by atoms with E-state index in [1.54, 1.807) is 11.0 Å². The van der Waals surface area contributed by atoms with Gasteiger partial charge in [0.25, 0.3) is 5.91 Å². The van der Waals surface area contributed by atoms with Crippen LogP contribution in [0.3, 0.4) is 0 Å². The second-order valence-electron chi connectivity index (χ2n) is 8.98. The van der Waals surface area contributed by atoms with Gasteiger partial charge in [0.1, 0.15) is 5.82 Å². The summed E-state index contributed by atoms with van der Waals surface area (Å²) in [5.41, 5.74) is 2.86. The van der Waals surface area contributed by atoms with Crippen molar-refractivity contribution in [2.24, 2.45) is 0 Å². The molecular weight excluding hydrogens is 379 g/mol. The van der Waals surface area contributed by atoms with Gasteiger partial charge >= 0.3 is 0 Å². The van der Waals surface area contributed by atoms with Gasteiger partial charge < -0.3 is 9.80 Å². The number of halogens is 1. The number of carbonyl (C=O) groups is 2. The Balaban J connectivity index is 1.38. The third-order valence-corrected chi connectivity index (χ3v) is 7.08. The Bertz CT molecular complexity index is 979. The fourth-order valence-electron chi connectivity index (χ4n) is 5.53. The first-order valence-corrected chi connectivity index (χ1v) is 11.0. The molecule has 0 bridgehead atoms. The van der Waals surface area contributed by atoms with E-state index in [4.69, 9.17) is 0 Å². The van der Waals surface area contributed by atoms with E-state index in [-0.39, 0.29) is 23.0 Å². The van der Waals surface area contributed by atoms with E-state index in [0.717, 1.165) is 61.9 Å². The normalized spacial score (nSPS) is 20.1. The minimum absolute atomic E-state index is 0.0776. The molecule has 30 heavy (non-hydrogen) atoms. The van der Waals surface area contributed by atoms with Crippen molar-refractivity contribution in [2.75, 3.05) is 18.0 Å². The summed E-state index contributed by atoms with van der Waals surface area (Å²) in [6.07, 6.45) is 6.70. The maximum atomic E-state index is 14.8. The molecule has 0 radical (unpaired) electrons. The van der Waals surface area contributed by atoms with Crippen molar-refractivity contribution in [3.8, 4) is 0 Å². The number of benzene rings is 2. The van der Waals surface area contributed by atoms with Crippen LogP contribution in [0, 0.1) is 5.82 Å². The Morgan fingerprint density at radius 2 is 1.77 bits per heavy atom. The summed E-state index contributed by atoms with van der Waals surface area (Å²) < 4.78 is 14.8. The van der Waals surface area contributed by atoms with Crippen LogP contribution < -0.4 is 4.90 Å². The highest BCUT2D eigenvalue weighted by Gasteiger charge is 2.48. The Hall–Kier alpha value is -2.69. The zero-order chi connectivity index (χ0) is 20.7. The molecule has 2 fully saturated rings. The minimum atomic E-state index is -0.231. The lowest BCUT2D eigenvalue weighted by atomic mass is 9.80. The molecule has 0 aromatic heterocycles. The molecule has 2 aliphatic heterocycles. The molecule has 1 saturated carbocycles. The molecule has 4 nitrogen and oxygen atoms in total. The third-order valence-electron chi connectivity index (χ3n) is 7.08. The molecule has 3 aliphatic rings. The largest absolute Gasteiger partial charge is 0.338 e. The Labute approximate surface area is 176 Å². The van der Waals surface area contributed by atoms with E-state index in [1.807, 2.05) is 35.2 Å². The molecule has 2 amide bonds. The zero-order valence-electron chi connectivity index (χ0n) is 17.2. The van der Waals surface area contributed by atoms with E-state index < -0.39 is 0 Å². The summed E-state index contributed by atoms with van der Waals surface area (Å²) >= 11 is 0. The number of nitrogens with zero attached hydrogens (tertiary/aromatic N) is 2. The van der Waals surface area contributed by atoms with Crippen LogP contribution in [0.5, 0.6) is 0 Å². The van der Waals surface area contributed by atoms with Gasteiger partial charge in [-0.05, 0) is 55.5 Å². The van der Waals surface area contributed by atoms with Crippen molar-refractivity contribution in [1.82, 2.24) is 4.90 Å². The van der Waals surface area contributed by atoms with Crippen LogP contribution in [-0.2, 0) is 16.8 Å². The maximum Gasteiger partial charge on any atom is 0.258 e. The van der Waals surface area contributed by atoms with Gasteiger partial charge in [-0.2, -0.15) is 0 Å². The monoisotopic (exact) mass is 406 g/mol. The van der Waals surface area contributed by atoms with Crippen LogP contribution in [-0.4, -0.2) is 29.8 Å². The highest BCUT2D eigenvalue weighted by Crippen LogP contribution is 2.51. The van der Waals surface area contributed by atoms with Crippen LogP contribution in [0.1, 0.15) is 66.4 Å². The van der Waals surface area contributed by atoms with Crippen LogP contribution in [0.25, 0.3) is 0 Å². The molecule has 2 aromatic rings. The summed E-state index contributed by atoms with van der Waals surface area (Å²) in [6, 6.07) is 12.6. The fourth-order valence-corrected chi connectivity index (χ4v) is 5.53. The van der Waals surface area contributed by atoms with Gasteiger partial charge in [0.05, 0.1) is 5.69 Å². The molecule has 0 N–H and O–H groups in total. The van der Waals surface area contributed by atoms with E-state index in [1.165, 1.54) is 6.07 Å². The van der Waals surface area contributed by atoms with E-state index in [9.17, 15) is 14.0 Å². The number of amides is 2. The Morgan fingerprint density at radius 1 is 1.00 bits per heavy atom. The third kappa shape index (κ3) is 3.21. The summed E-state index contributed by atoms with van der Waals surface area (Å²) in [5, 5.41) is 0. The molecule has 5 heteroatoms. The predicted octanol–water partition coefficient (Wildman–Crippen LogP) is 4.81. The molecule has 2 aromatic carbocycles. The zero-order valence-corrected chi connectivity index (χ0v) is 17.2. The SMILES string of the molecule is O=C1CCCCN1Cc1ccc(C(=O)N2CC3(CCCC3)c3c(F)cccc32)cc1. The number of anilines is 1. The lowest BCUT2D eigenvalue weighted by Crippen LogP contribution is -2.36. The van der Waals surface area contributed by atoms with E-state index in [0.29, 0.717) is 25.1 Å². The average Bonchev–Trinajstić information content (AvgIpc) is 3.36. The number of rotatable bonds is 3. The Morgan fingerprint density at radius 3 is 2.50 bits per heavy atom. The number of hydrogen-bond donors (Lipinski definition) is 0. The van der Waals surface area contributed by atoms with Crippen LogP contribution in [0.2, 0.25) is 0 Å². The number of carbonyl (C=O) groups excluding carboxylic acids is 2. The quantitative estimate of drug-likeness (QED) is 0.734. The van der Waals surface area contributed by atoms with Crippen LogP contribution in [0.15, 0.2) is 42.5 Å². The number of fused-ring (bicyclic) bond motifs is 2. The van der Waals surface area contributed by atoms with Crippen molar-refractivity contribution in [1.29, 1.82) is 0 Å². The first-order valence-electron chi connectivity index (χ1n) is 11.0. The lowest BCUT2D eigenvalue weighted by molar-refractivity contribution is -0.133. The van der Waals surface area contributed by atoms with Gasteiger partial charge in [-0.3, -0.25) is 9.59 Å². The second kappa shape index (κ2) is 7.53. The first kappa shape index (κ1) is 19.3. The maximum absolute atomic E-state index is 14.8. The molecule has 5 rings (SSSR count). The molecular formula is C25H27FN2O2. The number of hydrogen-bond acceptors (Lipinski definition) is 2. The minimum Gasteiger partial charge on any atom is -0.338 e. The van der Waals surface area contributed by atoms with Crippen LogP contribution in [0.4, 0.5) is 10.1 Å². The summed E-state index contributed by atoms with van der Waals surface area (Å²) in [6.45, 7) is 1.96. The molecule has 1 aliphatic carbocycles. The molecule has 0 unspecified atom stereocenters. The number of piperidine rings is 1. The lowest BCUT2D eigenvalue weighted by Gasteiger charge is -2.27. The topological polar surface area (TPSA) is 40.6 Å². The van der Waals surface area contributed by atoms with Crippen molar-refractivity contribution in [3.05, 3.63) is 65.0 Å². The Kier molecular flexibility index (Phi) is 4.84. The highest BCUT2D eigenvalue weighted by molar-refractivity contribution is 6.07. The van der Waals surface area contributed by atoms with Crippen LogP contribution >= 0.6 is 0 Å². The van der Waals surface area contributed by atoms with Gasteiger partial charge in [-0.1, -0.05) is 31.0 Å². The standard InChI is InChI=1S/C25H27FN2O2/c26-20-6-5-7-21-23(20)25(13-2-3-14-25)17-28(21)24(30)19-11-9-18(10-12-19)16-27-15-4-1-8-22(27)29/h5-7,9-12H,1-4,8,13-17H2. The fraction of sp³-hybridized carbons (Fsp3) is 0.440. The summed E-state index contributed by atoms with van der Waals surface area (Å²) in [4.78, 5) is 29.1. The first-order chi connectivity index (χ1) is 14.6. The second-order valence-corrected chi connectivity index (χ2v) is 8.98. The van der Waals surface area contributed by atoms with Crippen molar-refractivity contribution in [2.45, 2.75) is 56.9 Å². The van der Waals surface area contributed by atoms with Gasteiger partial charge in [0, 0.05) is 42.6 Å². The molecule has 156 valence electrons. The van der Waals surface area contributed by atoms with Gasteiger partial charge in [-0.15, -0.1) is 0 Å². The molecule has 1 saturated heterocycles.